The minimum atomic E-state index is -5.13. The Labute approximate surface area is 247 Å². The van der Waals surface area contributed by atoms with Gasteiger partial charge in [-0.1, -0.05) is 15.2 Å². The molecule has 0 aromatic carbocycles. The topological polar surface area (TPSA) is 170 Å². The molecule has 19 heavy (non-hydrogen) atoms. The van der Waals surface area contributed by atoms with Gasteiger partial charge in [-0.15, -0.1) is 0 Å². The summed E-state index contributed by atoms with van der Waals surface area (Å²) in [7, 11) is -10.3. The van der Waals surface area contributed by atoms with Crippen molar-refractivity contribution < 1.29 is 209 Å². The molecule has 0 aliphatic carbocycles. The molecule has 0 unspecified atom stereocenters. The normalized spacial score (nSPS) is 10.4. The van der Waals surface area contributed by atoms with E-state index in [0.717, 1.165) is 0 Å². The van der Waals surface area contributed by atoms with E-state index in [1.165, 1.54) is 0 Å². The van der Waals surface area contributed by atoms with Crippen LogP contribution in [0.5, 0.6) is 0 Å². The van der Waals surface area contributed by atoms with Crippen LogP contribution in [0.3, 0.4) is 0 Å². The van der Waals surface area contributed by atoms with Crippen LogP contribution in [0, 0.1) is 0 Å². The molecular weight excluding hydrogens is 428 g/mol. The third-order valence-electron chi connectivity index (χ3n) is 1.10. The molecule has 0 aromatic rings. The van der Waals surface area contributed by atoms with Gasteiger partial charge in [0.15, 0.2) is 0 Å². The van der Waals surface area contributed by atoms with Crippen molar-refractivity contribution in [1.82, 2.24) is 4.90 Å². The number of carbonyl (C=O) groups is 1. The fourth-order valence-electron chi connectivity index (χ4n) is 0.817. The minimum absolute atomic E-state index is 0. The Balaban J connectivity index is -0.000000163. The van der Waals surface area contributed by atoms with Crippen molar-refractivity contribution >= 4 is 21.2 Å². The average molecular weight is 434 g/mol. The zero-order valence-electron chi connectivity index (χ0n) is 10.5. The number of carboxylic acids is 1. The number of hydrogen-bond donors (Lipinski definition) is 0. The maximum Gasteiger partial charge on any atom is 2.00 e. The van der Waals surface area contributed by atoms with Crippen LogP contribution in [0.1, 0.15) is 0 Å². The summed E-state index contributed by atoms with van der Waals surface area (Å²) in [5.41, 5.74) is 0. The first-order valence-corrected chi connectivity index (χ1v) is 6.89. The van der Waals surface area contributed by atoms with Crippen LogP contribution in [0.2, 0.25) is 0 Å². The number of carbonyl (C=O) groups excluding carboxylic acids is 1. The maximum absolute atomic E-state index is 10.2. The summed E-state index contributed by atoms with van der Waals surface area (Å²) < 4.78 is 20.5. The first-order valence-electron chi connectivity index (χ1n) is 3.44. The second-order valence-electron chi connectivity index (χ2n) is 2.71. The van der Waals surface area contributed by atoms with Crippen molar-refractivity contribution in [2.75, 3.05) is 19.1 Å². The number of rotatable bonds is 6. The van der Waals surface area contributed by atoms with Gasteiger partial charge < -0.3 is 38.6 Å². The summed E-state index contributed by atoms with van der Waals surface area (Å²) in [5.74, 6) is -1.79. The molecule has 0 fully saturated rings. The van der Waals surface area contributed by atoms with E-state index in [-0.39, 0.29) is 176 Å². The van der Waals surface area contributed by atoms with Gasteiger partial charge in [0.25, 0.3) is 0 Å². The van der Waals surface area contributed by atoms with E-state index in [4.69, 9.17) is 0 Å². The van der Waals surface area contributed by atoms with Gasteiger partial charge in [-0.05, 0) is 0 Å². The smallest absolute Gasteiger partial charge is 0.810 e. The molecule has 0 saturated carbocycles. The quantitative estimate of drug-likeness (QED) is 0.291. The summed E-state index contributed by atoms with van der Waals surface area (Å²) in [6.45, 7) is -1.12. The van der Waals surface area contributed by atoms with Gasteiger partial charge >= 0.3 is 171 Å². The van der Waals surface area contributed by atoms with E-state index in [1.54, 1.807) is 0 Å². The van der Waals surface area contributed by atoms with Gasteiger partial charge in [0.1, 0.15) is 0 Å². The molecule has 0 atom stereocenters. The molecule has 0 aliphatic rings. The van der Waals surface area contributed by atoms with Crippen LogP contribution in [-0.4, -0.2) is 30.0 Å². The van der Waals surface area contributed by atoms with E-state index >= 15 is 0 Å². The molecule has 0 aromatic heterocycles. The zero-order valence-corrected chi connectivity index (χ0v) is 22.7. The van der Waals surface area contributed by atoms with Crippen LogP contribution in [0.4, 0.5) is 0 Å². The van der Waals surface area contributed by atoms with Gasteiger partial charge in [-0.2, -0.15) is 0 Å². The molecule has 0 saturated heterocycles. The molecule has 0 heterocycles. The van der Waals surface area contributed by atoms with Crippen molar-refractivity contribution in [3.8, 4) is 0 Å². The van der Waals surface area contributed by atoms with Gasteiger partial charge in [0.05, 0.1) is 5.97 Å². The molecule has 0 aliphatic heterocycles. The SMILES string of the molecule is O=C([O-])CN(CP(=O)([O-])[O-])CP(=O)([O-])[O-].[K+].[K+].[K+].[Ni+2]. The molecular formula is C4H6K3NNiO8P2. The minimum Gasteiger partial charge on any atom is -0.810 e. The second-order valence-corrected chi connectivity index (χ2v) is 5.71. The maximum atomic E-state index is 10.2. The molecule has 98 valence electrons. The van der Waals surface area contributed by atoms with E-state index in [9.17, 15) is 38.6 Å². The Morgan fingerprint density at radius 1 is 0.895 bits per heavy atom. The molecule has 0 N–H and O–H groups in total. The van der Waals surface area contributed by atoms with E-state index in [2.05, 4.69) is 0 Å². The predicted octanol–water partition coefficient (Wildman–Crippen LogP) is -14.2. The Bertz CT molecular complexity index is 310. The number of nitrogens with zero attached hydrogens (tertiary/aromatic N) is 1. The zero-order chi connectivity index (χ0) is 12.3. The molecule has 0 amide bonds. The van der Waals surface area contributed by atoms with E-state index < -0.39 is 40.3 Å². The van der Waals surface area contributed by atoms with Crippen molar-refractivity contribution in [3.63, 3.8) is 0 Å². The first-order chi connectivity index (χ1) is 6.49. The predicted molar refractivity (Wildman–Crippen MR) is 36.7 cm³/mol. The van der Waals surface area contributed by atoms with Crippen LogP contribution in [0.25, 0.3) is 0 Å². The van der Waals surface area contributed by atoms with Crippen LogP contribution in [-0.2, 0) is 30.4 Å². The fraction of sp³-hybridized carbons (Fsp3) is 0.750. The fourth-order valence-corrected chi connectivity index (χ4v) is 2.35. The Hall–Kier alpha value is 5.13. The van der Waals surface area contributed by atoms with Crippen molar-refractivity contribution in [1.29, 1.82) is 0 Å². The van der Waals surface area contributed by atoms with Gasteiger partial charge in [0.2, 0.25) is 0 Å². The standard InChI is InChI=1S/C4H11NO8P2.3K.Ni/c6-4(7)1-5(2-14(8,9)10)3-15(11,12)13;;;;/h1-3H2,(H,6,7)(H2,8,9,10)(H2,11,12,13);;;;/q;3*+1;+2/p-5. The van der Waals surface area contributed by atoms with Crippen LogP contribution in [0.15, 0.2) is 0 Å². The summed E-state index contributed by atoms with van der Waals surface area (Å²) in [6.07, 6.45) is -2.70. The molecule has 0 radical (unpaired) electrons. The largest absolute Gasteiger partial charge is 2.00 e. The van der Waals surface area contributed by atoms with Crippen LogP contribution >= 0.6 is 15.2 Å². The number of aliphatic carboxylic acids is 1. The first kappa shape index (κ1) is 35.3. The number of hydrogen-bond acceptors (Lipinski definition) is 9. The monoisotopic (exact) mass is 433 g/mol. The Morgan fingerprint density at radius 3 is 1.32 bits per heavy atom. The molecule has 9 nitrogen and oxygen atoms in total. The van der Waals surface area contributed by atoms with E-state index in [0.29, 0.717) is 0 Å². The van der Waals surface area contributed by atoms with Gasteiger partial charge in [-0.3, -0.25) is 4.90 Å². The third kappa shape index (κ3) is 28.2. The van der Waals surface area contributed by atoms with E-state index in [1.807, 2.05) is 0 Å². The summed E-state index contributed by atoms with van der Waals surface area (Å²) in [4.78, 5) is 51.1. The average Bonchev–Trinajstić information content (AvgIpc) is 1.73. The Morgan fingerprint density at radius 2 is 1.16 bits per heavy atom. The summed E-state index contributed by atoms with van der Waals surface area (Å²) in [5, 5.41) is 10.0. The molecule has 0 spiro atoms. The molecule has 15 heteroatoms. The van der Waals surface area contributed by atoms with Crippen molar-refractivity contribution in [2.24, 2.45) is 0 Å². The van der Waals surface area contributed by atoms with Gasteiger partial charge in [-0.25, -0.2) is 0 Å². The Kier molecular flexibility index (Phi) is 30.8. The summed E-state index contributed by atoms with van der Waals surface area (Å²) >= 11 is 0. The second kappa shape index (κ2) is 16.6. The summed E-state index contributed by atoms with van der Waals surface area (Å²) in [6, 6.07) is 0. The van der Waals surface area contributed by atoms with Crippen molar-refractivity contribution in [2.45, 2.75) is 0 Å². The van der Waals surface area contributed by atoms with Gasteiger partial charge in [0, 0.05) is 19.1 Å². The third-order valence-corrected chi connectivity index (χ3v) is 2.59. The molecule has 0 rings (SSSR count). The van der Waals surface area contributed by atoms with Crippen molar-refractivity contribution in [3.05, 3.63) is 0 Å². The number of carboxylic acid groups (broad SMARTS) is 1. The van der Waals surface area contributed by atoms with Crippen LogP contribution < -0.4 is 179 Å². The molecule has 0 bridgehead atoms.